The van der Waals surface area contributed by atoms with E-state index in [1.165, 1.54) is 96.3 Å². The Kier molecular flexibility index (Phi) is 35.5. The zero-order valence-electron chi connectivity index (χ0n) is 29.9. The third-order valence-electron chi connectivity index (χ3n) is 8.60. The summed E-state index contributed by atoms with van der Waals surface area (Å²) in [7, 11) is 0. The van der Waals surface area contributed by atoms with Crippen molar-refractivity contribution in [2.24, 2.45) is 0 Å². The van der Waals surface area contributed by atoms with Crippen molar-refractivity contribution in [1.29, 1.82) is 0 Å². The number of hydrogen-bond acceptors (Lipinski definition) is 3. The van der Waals surface area contributed by atoms with Gasteiger partial charge in [0, 0.05) is 6.42 Å². The molecule has 0 saturated carbocycles. The number of amides is 1. The SMILES string of the molecule is CC/C=C\C/C=C\C/C=C\C/C=C\CCCCCCCCC(=O)NC(CO)C(O)CCCCCCCCCCCCCCCC. The van der Waals surface area contributed by atoms with Gasteiger partial charge >= 0.3 is 0 Å². The molecule has 262 valence electrons. The van der Waals surface area contributed by atoms with E-state index in [0.717, 1.165) is 64.2 Å². The zero-order valence-corrected chi connectivity index (χ0v) is 29.9. The van der Waals surface area contributed by atoms with Gasteiger partial charge in [-0.05, 0) is 51.4 Å². The van der Waals surface area contributed by atoms with E-state index in [1.807, 2.05) is 0 Å². The number of aliphatic hydroxyl groups is 2. The Balaban J connectivity index is 3.61. The largest absolute Gasteiger partial charge is 0.394 e. The molecule has 0 aliphatic heterocycles. The Morgan fingerprint density at radius 1 is 0.556 bits per heavy atom. The molecule has 2 unspecified atom stereocenters. The van der Waals surface area contributed by atoms with Gasteiger partial charge in [-0.15, -0.1) is 0 Å². The highest BCUT2D eigenvalue weighted by Crippen LogP contribution is 2.15. The second kappa shape index (κ2) is 36.8. The number of nitrogens with one attached hydrogen (secondary N) is 1. The smallest absolute Gasteiger partial charge is 0.220 e. The summed E-state index contributed by atoms with van der Waals surface area (Å²) < 4.78 is 0. The van der Waals surface area contributed by atoms with Crippen molar-refractivity contribution in [2.75, 3.05) is 6.61 Å². The van der Waals surface area contributed by atoms with Crippen LogP contribution < -0.4 is 5.32 Å². The second-order valence-corrected chi connectivity index (χ2v) is 13.0. The van der Waals surface area contributed by atoms with Crippen molar-refractivity contribution in [3.05, 3.63) is 48.6 Å². The molecule has 0 heterocycles. The molecule has 1 amide bonds. The summed E-state index contributed by atoms with van der Waals surface area (Å²) in [5, 5.41) is 23.1. The first-order chi connectivity index (χ1) is 22.2. The zero-order chi connectivity index (χ0) is 32.9. The monoisotopic (exact) mass is 630 g/mol. The van der Waals surface area contributed by atoms with E-state index < -0.39 is 12.1 Å². The van der Waals surface area contributed by atoms with Crippen molar-refractivity contribution in [3.63, 3.8) is 0 Å². The van der Waals surface area contributed by atoms with Gasteiger partial charge < -0.3 is 15.5 Å². The van der Waals surface area contributed by atoms with Crippen molar-refractivity contribution < 1.29 is 15.0 Å². The first kappa shape index (κ1) is 43.4. The molecule has 0 spiro atoms. The number of carbonyl (C=O) groups excluding carboxylic acids is 1. The maximum atomic E-state index is 12.3. The van der Waals surface area contributed by atoms with Gasteiger partial charge in [-0.25, -0.2) is 0 Å². The molecule has 0 aromatic carbocycles. The minimum absolute atomic E-state index is 0.0478. The van der Waals surface area contributed by atoms with Crippen LogP contribution in [0.15, 0.2) is 48.6 Å². The van der Waals surface area contributed by atoms with Crippen LogP contribution in [-0.4, -0.2) is 34.9 Å². The predicted molar refractivity (Wildman–Crippen MR) is 198 cm³/mol. The number of rotatable bonds is 34. The molecule has 4 nitrogen and oxygen atoms in total. The Morgan fingerprint density at radius 3 is 1.47 bits per heavy atom. The molecular formula is C41H75NO3. The fourth-order valence-corrected chi connectivity index (χ4v) is 5.64. The molecule has 0 fully saturated rings. The lowest BCUT2D eigenvalue weighted by molar-refractivity contribution is -0.123. The molecule has 3 N–H and O–H groups in total. The van der Waals surface area contributed by atoms with E-state index >= 15 is 0 Å². The van der Waals surface area contributed by atoms with Gasteiger partial charge in [0.25, 0.3) is 0 Å². The quantitative estimate of drug-likeness (QED) is 0.0490. The van der Waals surface area contributed by atoms with Crippen molar-refractivity contribution in [3.8, 4) is 0 Å². The Labute approximate surface area is 280 Å². The van der Waals surface area contributed by atoms with E-state index in [2.05, 4.69) is 67.8 Å². The molecule has 0 bridgehead atoms. The standard InChI is InChI=1S/C41H75NO3/c1-3-5-7-9-11-13-15-17-19-20-21-22-23-25-27-29-31-33-35-37-41(45)42-39(38-43)40(44)36-34-32-30-28-26-24-18-16-14-12-10-8-6-4-2/h5,7,11,13,17,19,21-22,39-40,43-44H,3-4,6,8-10,12,14-16,18,20,23-38H2,1-2H3,(H,42,45)/b7-5-,13-11-,19-17-,22-21-. The summed E-state index contributed by atoms with van der Waals surface area (Å²) >= 11 is 0. The minimum atomic E-state index is -0.665. The van der Waals surface area contributed by atoms with Crippen LogP contribution in [0, 0.1) is 0 Å². The van der Waals surface area contributed by atoms with Crippen LogP contribution in [0.25, 0.3) is 0 Å². The highest BCUT2D eigenvalue weighted by Gasteiger charge is 2.19. The van der Waals surface area contributed by atoms with Gasteiger partial charge in [-0.3, -0.25) is 4.79 Å². The first-order valence-electron chi connectivity index (χ1n) is 19.3. The Bertz CT molecular complexity index is 726. The molecule has 0 saturated heterocycles. The van der Waals surface area contributed by atoms with Crippen LogP contribution in [0.3, 0.4) is 0 Å². The molecule has 2 atom stereocenters. The van der Waals surface area contributed by atoms with Crippen LogP contribution in [-0.2, 0) is 4.79 Å². The highest BCUT2D eigenvalue weighted by molar-refractivity contribution is 5.76. The van der Waals surface area contributed by atoms with Gasteiger partial charge in [0.15, 0.2) is 0 Å². The molecule has 0 radical (unpaired) electrons. The summed E-state index contributed by atoms with van der Waals surface area (Å²) in [4.78, 5) is 12.3. The maximum Gasteiger partial charge on any atom is 0.220 e. The summed E-state index contributed by atoms with van der Waals surface area (Å²) in [5.41, 5.74) is 0. The lowest BCUT2D eigenvalue weighted by atomic mass is 10.0. The van der Waals surface area contributed by atoms with Gasteiger partial charge in [0.05, 0.1) is 18.8 Å². The average molecular weight is 630 g/mol. The number of unbranched alkanes of at least 4 members (excludes halogenated alkanes) is 19. The van der Waals surface area contributed by atoms with Crippen LogP contribution in [0.4, 0.5) is 0 Å². The molecule has 0 aromatic rings. The fraction of sp³-hybridized carbons (Fsp3) is 0.780. The van der Waals surface area contributed by atoms with Crippen LogP contribution in [0.5, 0.6) is 0 Å². The average Bonchev–Trinajstić information content (AvgIpc) is 3.04. The van der Waals surface area contributed by atoms with E-state index in [4.69, 9.17) is 0 Å². The van der Waals surface area contributed by atoms with E-state index in [0.29, 0.717) is 12.8 Å². The topological polar surface area (TPSA) is 69.6 Å². The Morgan fingerprint density at radius 2 is 0.978 bits per heavy atom. The van der Waals surface area contributed by atoms with Gasteiger partial charge in [0.1, 0.15) is 0 Å². The van der Waals surface area contributed by atoms with Crippen molar-refractivity contribution in [2.45, 2.75) is 199 Å². The van der Waals surface area contributed by atoms with Crippen LogP contribution in [0.1, 0.15) is 187 Å². The maximum absolute atomic E-state index is 12.3. The molecule has 45 heavy (non-hydrogen) atoms. The van der Waals surface area contributed by atoms with Gasteiger partial charge in [-0.1, -0.05) is 178 Å². The van der Waals surface area contributed by atoms with Crippen molar-refractivity contribution in [1.82, 2.24) is 5.32 Å². The lowest BCUT2D eigenvalue weighted by Crippen LogP contribution is -2.45. The normalized spacial score (nSPS) is 13.6. The Hall–Kier alpha value is -1.65. The molecule has 4 heteroatoms. The predicted octanol–water partition coefficient (Wildman–Crippen LogP) is 11.6. The number of allylic oxidation sites excluding steroid dienone is 8. The fourth-order valence-electron chi connectivity index (χ4n) is 5.64. The van der Waals surface area contributed by atoms with Gasteiger partial charge in [0.2, 0.25) is 5.91 Å². The number of aliphatic hydroxyl groups excluding tert-OH is 2. The third kappa shape index (κ3) is 33.5. The second-order valence-electron chi connectivity index (χ2n) is 13.0. The molecule has 0 rings (SSSR count). The molecule has 0 aromatic heterocycles. The summed E-state index contributed by atoms with van der Waals surface area (Å²) in [5.74, 6) is -0.0478. The third-order valence-corrected chi connectivity index (χ3v) is 8.60. The summed E-state index contributed by atoms with van der Waals surface area (Å²) in [6.07, 6.45) is 48.8. The van der Waals surface area contributed by atoms with E-state index in [1.54, 1.807) is 0 Å². The molecule has 0 aliphatic carbocycles. The summed E-state index contributed by atoms with van der Waals surface area (Å²) in [6, 6.07) is -0.544. The van der Waals surface area contributed by atoms with Crippen molar-refractivity contribution >= 4 is 5.91 Å². The molecular weight excluding hydrogens is 554 g/mol. The van der Waals surface area contributed by atoms with E-state index in [9.17, 15) is 15.0 Å². The number of carbonyl (C=O) groups is 1. The highest BCUT2D eigenvalue weighted by atomic mass is 16.3. The number of hydrogen-bond donors (Lipinski definition) is 3. The molecule has 0 aliphatic rings. The summed E-state index contributed by atoms with van der Waals surface area (Å²) in [6.45, 7) is 4.23. The van der Waals surface area contributed by atoms with Crippen LogP contribution >= 0.6 is 0 Å². The van der Waals surface area contributed by atoms with Gasteiger partial charge in [-0.2, -0.15) is 0 Å². The lowest BCUT2D eigenvalue weighted by Gasteiger charge is -2.22. The van der Waals surface area contributed by atoms with Crippen LogP contribution in [0.2, 0.25) is 0 Å². The van der Waals surface area contributed by atoms with E-state index in [-0.39, 0.29) is 12.5 Å². The minimum Gasteiger partial charge on any atom is -0.394 e. The first-order valence-corrected chi connectivity index (χ1v) is 19.3.